The fraction of sp³-hybridized carbons (Fsp3) is 0.174. The van der Waals surface area contributed by atoms with Gasteiger partial charge in [0.25, 0.3) is 5.91 Å². The second-order valence-electron chi connectivity index (χ2n) is 7.30. The fourth-order valence-electron chi connectivity index (χ4n) is 3.26. The molecule has 158 valence electrons. The number of nitrogens with zero attached hydrogens (tertiary/aromatic N) is 3. The maximum Gasteiger partial charge on any atom is 0.416 e. The van der Waals surface area contributed by atoms with E-state index >= 15 is 0 Å². The Hall–Kier alpha value is -3.68. The maximum absolute atomic E-state index is 12.7. The highest BCUT2D eigenvalue weighted by Gasteiger charge is 2.29. The predicted molar refractivity (Wildman–Crippen MR) is 111 cm³/mol. The van der Waals surface area contributed by atoms with Gasteiger partial charge in [0.05, 0.1) is 17.5 Å². The molecule has 1 amide bonds. The Kier molecular flexibility index (Phi) is 5.22. The Bertz CT molecular complexity index is 1260. The van der Waals surface area contributed by atoms with Crippen LogP contribution in [0.5, 0.6) is 0 Å². The highest BCUT2D eigenvalue weighted by Crippen LogP contribution is 2.29. The Morgan fingerprint density at radius 3 is 2.45 bits per heavy atom. The van der Waals surface area contributed by atoms with Crippen molar-refractivity contribution >= 4 is 11.6 Å². The number of benzene rings is 2. The van der Waals surface area contributed by atoms with E-state index in [-0.39, 0.29) is 12.1 Å². The minimum absolute atomic E-state index is 0.0885. The molecule has 2 heterocycles. The largest absolute Gasteiger partial charge is 0.416 e. The number of hydrogen-bond acceptors (Lipinski definition) is 3. The van der Waals surface area contributed by atoms with Crippen LogP contribution in [0.4, 0.5) is 13.2 Å². The van der Waals surface area contributed by atoms with Crippen LogP contribution in [0.15, 0.2) is 60.9 Å². The lowest BCUT2D eigenvalue weighted by Gasteiger charge is -2.09. The molecule has 5 nitrogen and oxygen atoms in total. The van der Waals surface area contributed by atoms with Gasteiger partial charge >= 0.3 is 6.18 Å². The molecule has 8 heteroatoms. The molecule has 0 bridgehead atoms. The van der Waals surface area contributed by atoms with E-state index in [9.17, 15) is 18.0 Å². The summed E-state index contributed by atoms with van der Waals surface area (Å²) in [7, 11) is 0. The minimum Gasteiger partial charge on any atom is -0.348 e. The zero-order valence-electron chi connectivity index (χ0n) is 16.9. The van der Waals surface area contributed by atoms with Crippen LogP contribution in [-0.4, -0.2) is 20.5 Å². The number of nitrogens with one attached hydrogen (secondary N) is 1. The average molecular weight is 424 g/mol. The van der Waals surface area contributed by atoms with Crippen molar-refractivity contribution in [3.63, 3.8) is 0 Å². The van der Waals surface area contributed by atoms with E-state index in [1.54, 1.807) is 10.7 Å². The van der Waals surface area contributed by atoms with Gasteiger partial charge in [-0.3, -0.25) is 4.79 Å². The van der Waals surface area contributed by atoms with Crippen molar-refractivity contribution in [3.8, 4) is 11.3 Å². The molecule has 0 unspecified atom stereocenters. The Balaban J connectivity index is 1.56. The number of hydrogen-bond donors (Lipinski definition) is 1. The number of amides is 1. The van der Waals surface area contributed by atoms with Crippen molar-refractivity contribution in [3.05, 3.63) is 88.7 Å². The van der Waals surface area contributed by atoms with E-state index < -0.39 is 17.6 Å². The number of fused-ring (bicyclic) bond motifs is 1. The van der Waals surface area contributed by atoms with Crippen LogP contribution < -0.4 is 5.32 Å². The first-order chi connectivity index (χ1) is 14.7. The number of rotatable bonds is 4. The molecule has 0 saturated heterocycles. The first-order valence-corrected chi connectivity index (χ1v) is 9.59. The van der Waals surface area contributed by atoms with Crippen LogP contribution in [0, 0.1) is 13.8 Å². The Morgan fingerprint density at radius 2 is 1.77 bits per heavy atom. The van der Waals surface area contributed by atoms with Crippen molar-refractivity contribution in [2.24, 2.45) is 0 Å². The second kappa shape index (κ2) is 7.86. The number of aromatic nitrogens is 3. The molecule has 0 aliphatic heterocycles. The Labute approximate surface area is 176 Å². The molecule has 0 atom stereocenters. The van der Waals surface area contributed by atoms with Crippen molar-refractivity contribution < 1.29 is 18.0 Å². The van der Waals surface area contributed by atoms with E-state index in [2.05, 4.69) is 21.5 Å². The van der Waals surface area contributed by atoms with Crippen molar-refractivity contribution in [2.45, 2.75) is 26.6 Å². The van der Waals surface area contributed by atoms with E-state index in [1.165, 1.54) is 23.9 Å². The van der Waals surface area contributed by atoms with Crippen molar-refractivity contribution in [2.75, 3.05) is 0 Å². The Morgan fingerprint density at radius 1 is 1.03 bits per heavy atom. The molecular formula is C23H19F3N4O. The zero-order valence-corrected chi connectivity index (χ0v) is 16.9. The molecule has 1 N–H and O–H groups in total. The average Bonchev–Trinajstić information content (AvgIpc) is 3.18. The summed E-state index contributed by atoms with van der Waals surface area (Å²) in [6, 6.07) is 12.6. The third-order valence-corrected chi connectivity index (χ3v) is 5.18. The summed E-state index contributed by atoms with van der Waals surface area (Å²) in [6.07, 6.45) is -1.33. The maximum atomic E-state index is 12.7. The minimum atomic E-state index is -4.39. The van der Waals surface area contributed by atoms with E-state index in [1.807, 2.05) is 32.0 Å². The van der Waals surface area contributed by atoms with Crippen LogP contribution in [0.2, 0.25) is 0 Å². The first-order valence-electron chi connectivity index (χ1n) is 9.59. The third kappa shape index (κ3) is 4.14. The predicted octanol–water partition coefficient (Wildman–Crippen LogP) is 4.96. The van der Waals surface area contributed by atoms with Gasteiger partial charge in [-0.1, -0.05) is 24.3 Å². The SMILES string of the molecule is Cc1ccc(-c2ccnc3c(C(=O)NCc4ccc(C(F)(F)F)cc4)cnn23)cc1C. The number of halogens is 3. The molecule has 0 radical (unpaired) electrons. The van der Waals surface area contributed by atoms with Gasteiger partial charge in [-0.2, -0.15) is 18.3 Å². The summed E-state index contributed by atoms with van der Waals surface area (Å²) in [6.45, 7) is 4.15. The van der Waals surface area contributed by atoms with Crippen LogP contribution >= 0.6 is 0 Å². The summed E-state index contributed by atoms with van der Waals surface area (Å²) in [5.74, 6) is -0.403. The lowest BCUT2D eigenvalue weighted by molar-refractivity contribution is -0.137. The number of aryl methyl sites for hydroxylation is 2. The fourth-order valence-corrected chi connectivity index (χ4v) is 3.26. The van der Waals surface area contributed by atoms with Crippen LogP contribution in [0.3, 0.4) is 0 Å². The van der Waals surface area contributed by atoms with Crippen molar-refractivity contribution in [1.29, 1.82) is 0 Å². The van der Waals surface area contributed by atoms with Gasteiger partial charge in [0, 0.05) is 18.3 Å². The molecule has 0 aliphatic carbocycles. The van der Waals surface area contributed by atoms with Gasteiger partial charge in [0.15, 0.2) is 5.65 Å². The summed E-state index contributed by atoms with van der Waals surface area (Å²) in [5.41, 5.74) is 4.60. The highest BCUT2D eigenvalue weighted by molar-refractivity contribution is 5.99. The van der Waals surface area contributed by atoms with Crippen LogP contribution in [-0.2, 0) is 12.7 Å². The lowest BCUT2D eigenvalue weighted by atomic mass is 10.0. The summed E-state index contributed by atoms with van der Waals surface area (Å²) >= 11 is 0. The highest BCUT2D eigenvalue weighted by atomic mass is 19.4. The van der Waals surface area contributed by atoms with E-state index in [0.29, 0.717) is 11.2 Å². The number of alkyl halides is 3. The molecule has 0 saturated carbocycles. The van der Waals surface area contributed by atoms with Gasteiger partial charge in [0.2, 0.25) is 0 Å². The molecule has 4 rings (SSSR count). The van der Waals surface area contributed by atoms with Gasteiger partial charge in [-0.25, -0.2) is 9.50 Å². The zero-order chi connectivity index (χ0) is 22.2. The molecule has 0 fully saturated rings. The molecule has 4 aromatic rings. The van der Waals surface area contributed by atoms with E-state index in [4.69, 9.17) is 0 Å². The van der Waals surface area contributed by atoms with Crippen LogP contribution in [0.1, 0.15) is 32.6 Å². The van der Waals surface area contributed by atoms with Gasteiger partial charge < -0.3 is 5.32 Å². The molecule has 0 aliphatic rings. The van der Waals surface area contributed by atoms with Gasteiger partial charge in [0.1, 0.15) is 5.56 Å². The molecule has 31 heavy (non-hydrogen) atoms. The smallest absolute Gasteiger partial charge is 0.348 e. The van der Waals surface area contributed by atoms with Gasteiger partial charge in [-0.05, 0) is 54.8 Å². The summed E-state index contributed by atoms with van der Waals surface area (Å²) < 4.78 is 39.6. The number of carbonyl (C=O) groups is 1. The first kappa shape index (κ1) is 20.6. The molecule has 2 aromatic heterocycles. The quantitative estimate of drug-likeness (QED) is 0.504. The summed E-state index contributed by atoms with van der Waals surface area (Å²) in [4.78, 5) is 17.0. The van der Waals surface area contributed by atoms with Gasteiger partial charge in [-0.15, -0.1) is 0 Å². The third-order valence-electron chi connectivity index (χ3n) is 5.18. The van der Waals surface area contributed by atoms with Crippen molar-refractivity contribution in [1.82, 2.24) is 19.9 Å². The summed E-state index contributed by atoms with van der Waals surface area (Å²) in [5, 5.41) is 7.04. The van der Waals surface area contributed by atoms with E-state index in [0.717, 1.165) is 29.0 Å². The normalized spacial score (nSPS) is 11.6. The molecule has 0 spiro atoms. The standard InChI is InChI=1S/C23H19F3N4O/c1-14-3-6-17(11-15(14)2)20-9-10-27-21-19(13-29-30(20)21)22(31)28-12-16-4-7-18(8-5-16)23(24,25)26/h3-11,13H,12H2,1-2H3,(H,28,31). The molecule has 2 aromatic carbocycles. The molecular weight excluding hydrogens is 405 g/mol. The topological polar surface area (TPSA) is 59.3 Å². The number of carbonyl (C=O) groups excluding carboxylic acids is 1. The monoisotopic (exact) mass is 424 g/mol. The van der Waals surface area contributed by atoms with Crippen LogP contribution in [0.25, 0.3) is 16.9 Å². The second-order valence-corrected chi connectivity index (χ2v) is 7.30. The lowest BCUT2D eigenvalue weighted by Crippen LogP contribution is -2.23.